The van der Waals surface area contributed by atoms with E-state index in [1.807, 2.05) is 19.1 Å². The molecule has 1 fully saturated rings. The Kier molecular flexibility index (Phi) is 4.90. The summed E-state index contributed by atoms with van der Waals surface area (Å²) < 4.78 is 5.36. The highest BCUT2D eigenvalue weighted by molar-refractivity contribution is 5.79. The van der Waals surface area contributed by atoms with Gasteiger partial charge in [0.15, 0.2) is 0 Å². The molecular formula is C17H27NO2. The molecule has 1 amide bonds. The van der Waals surface area contributed by atoms with E-state index in [1.165, 1.54) is 12.8 Å². The molecule has 1 heterocycles. The second-order valence-electron chi connectivity index (χ2n) is 6.68. The number of rotatable bonds is 4. The second kappa shape index (κ2) is 6.47. The van der Waals surface area contributed by atoms with Crippen molar-refractivity contribution < 1.29 is 9.21 Å². The maximum Gasteiger partial charge on any atom is 0.223 e. The summed E-state index contributed by atoms with van der Waals surface area (Å²) in [4.78, 5) is 12.6. The molecule has 1 aromatic heterocycles. The van der Waals surface area contributed by atoms with Gasteiger partial charge in [0.25, 0.3) is 0 Å². The number of amides is 1. The lowest BCUT2D eigenvalue weighted by molar-refractivity contribution is -0.130. The Hall–Kier alpha value is -1.25. The van der Waals surface area contributed by atoms with E-state index >= 15 is 0 Å². The standard InChI is InChI=1S/C17H27NO2/c1-11(2)14-8-7-12(3)10-15(14)17(19)18-13(4)16-6-5-9-20-16/h5-6,9,11-15H,7-8,10H2,1-4H3,(H,18,19)/t12-,13?,14+,15-/m1/s1. The van der Waals surface area contributed by atoms with Gasteiger partial charge >= 0.3 is 0 Å². The fourth-order valence-corrected chi connectivity index (χ4v) is 3.43. The van der Waals surface area contributed by atoms with Gasteiger partial charge in [0.2, 0.25) is 5.91 Å². The van der Waals surface area contributed by atoms with Crippen LogP contribution in [0.5, 0.6) is 0 Å². The molecular weight excluding hydrogens is 250 g/mol. The molecule has 0 saturated heterocycles. The van der Waals surface area contributed by atoms with Gasteiger partial charge in [-0.25, -0.2) is 0 Å². The summed E-state index contributed by atoms with van der Waals surface area (Å²) in [6, 6.07) is 3.72. The van der Waals surface area contributed by atoms with Gasteiger partial charge in [-0.3, -0.25) is 4.79 Å². The zero-order valence-electron chi connectivity index (χ0n) is 13.1. The Bertz CT molecular complexity index is 424. The van der Waals surface area contributed by atoms with Crippen LogP contribution in [0.3, 0.4) is 0 Å². The number of hydrogen-bond donors (Lipinski definition) is 1. The molecule has 0 bridgehead atoms. The number of nitrogens with one attached hydrogen (secondary N) is 1. The molecule has 20 heavy (non-hydrogen) atoms. The molecule has 1 aromatic rings. The zero-order chi connectivity index (χ0) is 14.7. The highest BCUT2D eigenvalue weighted by Gasteiger charge is 2.35. The monoisotopic (exact) mass is 277 g/mol. The van der Waals surface area contributed by atoms with Gasteiger partial charge in [-0.05, 0) is 49.7 Å². The number of furan rings is 1. The predicted molar refractivity (Wildman–Crippen MR) is 80.1 cm³/mol. The third-order valence-corrected chi connectivity index (χ3v) is 4.69. The normalized spacial score (nSPS) is 28.4. The summed E-state index contributed by atoms with van der Waals surface area (Å²) in [5.41, 5.74) is 0. The lowest BCUT2D eigenvalue weighted by Gasteiger charge is -2.36. The van der Waals surface area contributed by atoms with Crippen LogP contribution in [0.2, 0.25) is 0 Å². The molecule has 3 nitrogen and oxygen atoms in total. The SMILES string of the molecule is CC(NC(=O)[C@@H]1C[C@H](C)CC[C@H]1C(C)C)c1ccco1. The van der Waals surface area contributed by atoms with E-state index in [0.29, 0.717) is 17.8 Å². The van der Waals surface area contributed by atoms with E-state index in [9.17, 15) is 4.79 Å². The van der Waals surface area contributed by atoms with Crippen molar-refractivity contribution in [1.29, 1.82) is 0 Å². The van der Waals surface area contributed by atoms with Crippen molar-refractivity contribution in [3.63, 3.8) is 0 Å². The van der Waals surface area contributed by atoms with Crippen LogP contribution in [-0.2, 0) is 4.79 Å². The molecule has 3 heteroatoms. The summed E-state index contributed by atoms with van der Waals surface area (Å²) in [7, 11) is 0. The van der Waals surface area contributed by atoms with Gasteiger partial charge in [-0.1, -0.05) is 27.2 Å². The van der Waals surface area contributed by atoms with Crippen molar-refractivity contribution in [2.45, 2.75) is 53.0 Å². The lowest BCUT2D eigenvalue weighted by atomic mass is 9.69. The van der Waals surface area contributed by atoms with Crippen LogP contribution in [0.1, 0.15) is 58.8 Å². The molecule has 0 aliphatic heterocycles. The van der Waals surface area contributed by atoms with E-state index in [-0.39, 0.29) is 17.9 Å². The van der Waals surface area contributed by atoms with E-state index in [4.69, 9.17) is 4.42 Å². The first-order chi connectivity index (χ1) is 9.49. The summed E-state index contributed by atoms with van der Waals surface area (Å²) in [5.74, 6) is 2.89. The molecule has 1 aliphatic rings. The minimum atomic E-state index is -0.0532. The summed E-state index contributed by atoms with van der Waals surface area (Å²) in [6.07, 6.45) is 5.09. The number of carbonyl (C=O) groups excluding carboxylic acids is 1. The molecule has 2 rings (SSSR count). The van der Waals surface area contributed by atoms with Crippen LogP contribution in [0, 0.1) is 23.7 Å². The van der Waals surface area contributed by atoms with Crippen LogP contribution in [0.25, 0.3) is 0 Å². The van der Waals surface area contributed by atoms with Crippen molar-refractivity contribution in [3.05, 3.63) is 24.2 Å². The maximum absolute atomic E-state index is 12.6. The van der Waals surface area contributed by atoms with Crippen molar-refractivity contribution in [1.82, 2.24) is 5.32 Å². The Balaban J connectivity index is 2.01. The molecule has 1 N–H and O–H groups in total. The third-order valence-electron chi connectivity index (χ3n) is 4.69. The zero-order valence-corrected chi connectivity index (χ0v) is 13.1. The van der Waals surface area contributed by atoms with Gasteiger partial charge in [0.05, 0.1) is 12.3 Å². The van der Waals surface area contributed by atoms with Crippen LogP contribution in [-0.4, -0.2) is 5.91 Å². The minimum absolute atomic E-state index is 0.0532. The molecule has 0 aromatic carbocycles. The van der Waals surface area contributed by atoms with Gasteiger partial charge in [0, 0.05) is 5.92 Å². The molecule has 4 atom stereocenters. The molecule has 1 saturated carbocycles. The minimum Gasteiger partial charge on any atom is -0.467 e. The Morgan fingerprint density at radius 1 is 1.35 bits per heavy atom. The Labute approximate surface area is 122 Å². The first-order valence-electron chi connectivity index (χ1n) is 7.82. The van der Waals surface area contributed by atoms with E-state index in [1.54, 1.807) is 6.26 Å². The average molecular weight is 277 g/mol. The van der Waals surface area contributed by atoms with Crippen LogP contribution >= 0.6 is 0 Å². The highest BCUT2D eigenvalue weighted by Crippen LogP contribution is 2.38. The Morgan fingerprint density at radius 3 is 2.70 bits per heavy atom. The maximum atomic E-state index is 12.6. The number of carbonyl (C=O) groups is 1. The quantitative estimate of drug-likeness (QED) is 0.897. The van der Waals surface area contributed by atoms with Crippen molar-refractivity contribution in [3.8, 4) is 0 Å². The molecule has 112 valence electrons. The van der Waals surface area contributed by atoms with Crippen LogP contribution in [0.4, 0.5) is 0 Å². The third kappa shape index (κ3) is 3.44. The summed E-state index contributed by atoms with van der Waals surface area (Å²) >= 11 is 0. The predicted octanol–water partition coefficient (Wildman–Crippen LogP) is 4.17. The summed E-state index contributed by atoms with van der Waals surface area (Å²) in [6.45, 7) is 8.70. The van der Waals surface area contributed by atoms with Crippen molar-refractivity contribution in [2.75, 3.05) is 0 Å². The van der Waals surface area contributed by atoms with Gasteiger partial charge < -0.3 is 9.73 Å². The van der Waals surface area contributed by atoms with Crippen molar-refractivity contribution in [2.24, 2.45) is 23.7 Å². The first kappa shape index (κ1) is 15.1. The van der Waals surface area contributed by atoms with Gasteiger partial charge in [-0.2, -0.15) is 0 Å². The molecule has 1 unspecified atom stereocenters. The van der Waals surface area contributed by atoms with Gasteiger partial charge in [0.1, 0.15) is 5.76 Å². The largest absolute Gasteiger partial charge is 0.467 e. The fraction of sp³-hybridized carbons (Fsp3) is 0.706. The van der Waals surface area contributed by atoms with Crippen LogP contribution in [0.15, 0.2) is 22.8 Å². The lowest BCUT2D eigenvalue weighted by Crippen LogP contribution is -2.41. The smallest absolute Gasteiger partial charge is 0.223 e. The van der Waals surface area contributed by atoms with E-state index in [2.05, 4.69) is 26.1 Å². The average Bonchev–Trinajstić information content (AvgIpc) is 2.92. The second-order valence-corrected chi connectivity index (χ2v) is 6.68. The van der Waals surface area contributed by atoms with E-state index < -0.39 is 0 Å². The fourth-order valence-electron chi connectivity index (χ4n) is 3.43. The topological polar surface area (TPSA) is 42.2 Å². The number of hydrogen-bond acceptors (Lipinski definition) is 2. The summed E-state index contributed by atoms with van der Waals surface area (Å²) in [5, 5.41) is 3.12. The van der Waals surface area contributed by atoms with Gasteiger partial charge in [-0.15, -0.1) is 0 Å². The highest BCUT2D eigenvalue weighted by atomic mass is 16.3. The molecule has 0 radical (unpaired) electrons. The molecule has 0 spiro atoms. The van der Waals surface area contributed by atoms with Crippen LogP contribution < -0.4 is 5.32 Å². The van der Waals surface area contributed by atoms with E-state index in [0.717, 1.165) is 12.2 Å². The molecule has 1 aliphatic carbocycles. The Morgan fingerprint density at radius 2 is 2.10 bits per heavy atom. The van der Waals surface area contributed by atoms with Crippen molar-refractivity contribution >= 4 is 5.91 Å². The first-order valence-corrected chi connectivity index (χ1v) is 7.82.